The molecule has 1 aromatic heterocycles. The molecule has 4 atom stereocenters. The number of alkyl halides is 1. The maximum Gasteiger partial charge on any atom is 0.319 e. The molecule has 12 heteroatoms. The van der Waals surface area contributed by atoms with Gasteiger partial charge in [0.25, 0.3) is 0 Å². The summed E-state index contributed by atoms with van der Waals surface area (Å²) < 4.78 is 75.2. The van der Waals surface area contributed by atoms with Crippen molar-refractivity contribution in [1.29, 1.82) is 0 Å². The summed E-state index contributed by atoms with van der Waals surface area (Å²) in [6.45, 7) is 2.41. The van der Waals surface area contributed by atoms with Gasteiger partial charge in [-0.15, -0.1) is 0 Å². The lowest BCUT2D eigenvalue weighted by atomic mass is 9.94. The number of rotatable bonds is 6. The van der Waals surface area contributed by atoms with Crippen LogP contribution in [0.4, 0.5) is 23.4 Å². The molecule has 2 bridgehead atoms. The highest BCUT2D eigenvalue weighted by atomic mass is 19.1. The predicted octanol–water partition coefficient (Wildman–Crippen LogP) is 5.82. The summed E-state index contributed by atoms with van der Waals surface area (Å²) in [5, 5.41) is 10.8. The molecule has 4 aromatic rings. The molecule has 242 valence electrons. The van der Waals surface area contributed by atoms with E-state index in [1.165, 1.54) is 25.3 Å². The smallest absolute Gasteiger partial charge is 0.319 e. The fourth-order valence-electron chi connectivity index (χ4n) is 8.45. The molecular weight excluding hydrogens is 602 g/mol. The highest BCUT2D eigenvalue weighted by molar-refractivity contribution is 6.04. The molecule has 46 heavy (non-hydrogen) atoms. The van der Waals surface area contributed by atoms with Crippen molar-refractivity contribution in [2.75, 3.05) is 51.8 Å². The van der Waals surface area contributed by atoms with E-state index in [0.717, 1.165) is 38.3 Å². The molecule has 8 nitrogen and oxygen atoms in total. The van der Waals surface area contributed by atoms with Gasteiger partial charge in [0.2, 0.25) is 0 Å². The second-order valence-electron chi connectivity index (χ2n) is 13.2. The van der Waals surface area contributed by atoms with Crippen molar-refractivity contribution in [3.8, 4) is 28.6 Å². The van der Waals surface area contributed by atoms with E-state index >= 15 is 13.2 Å². The van der Waals surface area contributed by atoms with Gasteiger partial charge in [-0.05, 0) is 62.9 Å². The topological polar surface area (TPSA) is 74.2 Å². The molecule has 0 radical (unpaired) electrons. The number of halogens is 4. The van der Waals surface area contributed by atoms with Gasteiger partial charge in [-0.1, -0.05) is 12.1 Å². The van der Waals surface area contributed by atoms with Crippen molar-refractivity contribution in [2.24, 2.45) is 0 Å². The number of aromatic hydroxyl groups is 1. The molecule has 0 aliphatic carbocycles. The zero-order valence-corrected chi connectivity index (χ0v) is 25.7. The van der Waals surface area contributed by atoms with Crippen LogP contribution in [0.5, 0.6) is 17.5 Å². The van der Waals surface area contributed by atoms with Crippen LogP contribution in [0.2, 0.25) is 0 Å². The number of hydrogen-bond acceptors (Lipinski definition) is 8. The highest BCUT2D eigenvalue weighted by Crippen LogP contribution is 2.47. The van der Waals surface area contributed by atoms with Crippen LogP contribution < -0.4 is 14.4 Å². The molecular formula is C34H35F4N5O3. The van der Waals surface area contributed by atoms with Gasteiger partial charge < -0.3 is 19.5 Å². The van der Waals surface area contributed by atoms with Crippen LogP contribution in [-0.2, 0) is 0 Å². The highest BCUT2D eigenvalue weighted by Gasteiger charge is 2.49. The molecule has 4 aliphatic heterocycles. The molecule has 0 saturated carbocycles. The number of phenols is 1. The number of benzene rings is 3. The van der Waals surface area contributed by atoms with E-state index in [0.29, 0.717) is 26.1 Å². The first-order chi connectivity index (χ1) is 22.2. The molecule has 5 heterocycles. The van der Waals surface area contributed by atoms with E-state index in [4.69, 9.17) is 14.5 Å². The molecule has 4 aliphatic rings. The molecule has 3 aromatic carbocycles. The largest absolute Gasteiger partial charge is 0.508 e. The maximum absolute atomic E-state index is 17.0. The average molecular weight is 638 g/mol. The number of fused-ring (bicyclic) bond motifs is 5. The van der Waals surface area contributed by atoms with Gasteiger partial charge >= 0.3 is 6.01 Å². The Labute approximate surface area is 263 Å². The van der Waals surface area contributed by atoms with Gasteiger partial charge in [0, 0.05) is 49.1 Å². The van der Waals surface area contributed by atoms with Crippen molar-refractivity contribution in [1.82, 2.24) is 19.8 Å². The third kappa shape index (κ3) is 4.47. The van der Waals surface area contributed by atoms with E-state index in [-0.39, 0.29) is 69.3 Å². The lowest BCUT2D eigenvalue weighted by molar-refractivity contribution is 0.107. The summed E-state index contributed by atoms with van der Waals surface area (Å²) >= 11 is 0. The van der Waals surface area contributed by atoms with Crippen molar-refractivity contribution in [2.45, 2.75) is 55.9 Å². The number of hydrogen-bond donors (Lipinski definition) is 1. The van der Waals surface area contributed by atoms with Crippen LogP contribution in [0.25, 0.3) is 32.8 Å². The van der Waals surface area contributed by atoms with Crippen LogP contribution in [0.1, 0.15) is 32.1 Å². The first kappa shape index (κ1) is 29.5. The minimum atomic E-state index is -1.06. The standard InChI is InChI=1S/C34H35F4N5O3/c1-41-20-7-8-21(41)16-42(15-20)32-27-30(39-33(40-32)46-17-34-9-4-10-43(34)14-19(35)13-34)28(37)26(29(38)31(27)45-2)23-12-22(44)11-18-5-3-6-24(36)25(18)23/h3,5-6,11-12,19-21,44H,4,7-10,13-17H2,1-2H3/t19-,20?,21?,34+/m1/s1. The van der Waals surface area contributed by atoms with E-state index < -0.39 is 34.7 Å². The van der Waals surface area contributed by atoms with Gasteiger partial charge in [-0.3, -0.25) is 9.80 Å². The first-order valence-corrected chi connectivity index (χ1v) is 15.8. The monoisotopic (exact) mass is 637 g/mol. The number of aromatic nitrogens is 2. The number of likely N-dealkylation sites (N-methyl/N-ethyl adjacent to an activating group) is 1. The lowest BCUT2D eigenvalue weighted by Gasteiger charge is -2.40. The molecule has 4 saturated heterocycles. The second-order valence-corrected chi connectivity index (χ2v) is 13.2. The molecule has 2 unspecified atom stereocenters. The molecule has 4 fully saturated rings. The Bertz CT molecular complexity index is 1860. The fraction of sp³-hybridized carbons (Fsp3) is 0.471. The van der Waals surface area contributed by atoms with Crippen molar-refractivity contribution in [3.63, 3.8) is 0 Å². The third-order valence-electron chi connectivity index (χ3n) is 10.7. The Morgan fingerprint density at radius 1 is 1.02 bits per heavy atom. The predicted molar refractivity (Wildman–Crippen MR) is 166 cm³/mol. The Hall–Kier alpha value is -3.90. The average Bonchev–Trinajstić information content (AvgIpc) is 3.60. The van der Waals surface area contributed by atoms with Crippen LogP contribution in [0.3, 0.4) is 0 Å². The van der Waals surface area contributed by atoms with Crippen LogP contribution in [0.15, 0.2) is 30.3 Å². The summed E-state index contributed by atoms with van der Waals surface area (Å²) in [4.78, 5) is 15.7. The van der Waals surface area contributed by atoms with Gasteiger partial charge in [-0.2, -0.15) is 9.97 Å². The van der Waals surface area contributed by atoms with E-state index in [1.807, 2.05) is 4.90 Å². The molecule has 0 spiro atoms. The summed E-state index contributed by atoms with van der Waals surface area (Å²) in [6.07, 6.45) is 3.06. The zero-order chi connectivity index (χ0) is 31.9. The van der Waals surface area contributed by atoms with Crippen LogP contribution in [0, 0.1) is 17.5 Å². The van der Waals surface area contributed by atoms with Crippen molar-refractivity contribution in [3.05, 3.63) is 47.8 Å². The van der Waals surface area contributed by atoms with E-state index in [9.17, 15) is 9.50 Å². The molecule has 0 amide bonds. The Morgan fingerprint density at radius 3 is 2.57 bits per heavy atom. The number of ether oxygens (including phenoxy) is 2. The number of methoxy groups -OCH3 is 1. The van der Waals surface area contributed by atoms with Gasteiger partial charge in [0.15, 0.2) is 17.4 Å². The Morgan fingerprint density at radius 2 is 1.80 bits per heavy atom. The Kier molecular flexibility index (Phi) is 6.95. The Balaban J connectivity index is 1.33. The SMILES string of the molecule is COc1c(F)c(-c2cc(O)cc3cccc(F)c23)c(F)c2nc(OC[C@@]34CCCN3C[C@H](F)C4)nc(N3CC4CCC(C3)N4C)c12. The van der Waals surface area contributed by atoms with Gasteiger partial charge in [-0.25, -0.2) is 17.6 Å². The second kappa shape index (κ2) is 10.8. The van der Waals surface area contributed by atoms with E-state index in [2.05, 4.69) is 21.8 Å². The van der Waals surface area contributed by atoms with Gasteiger partial charge in [0.05, 0.1) is 23.6 Å². The van der Waals surface area contributed by atoms with Gasteiger partial charge in [0.1, 0.15) is 35.7 Å². The normalized spacial score (nSPS) is 26.4. The van der Waals surface area contributed by atoms with Crippen LogP contribution in [-0.4, -0.2) is 95.6 Å². The number of piperazine rings is 1. The molecule has 8 rings (SSSR count). The quantitative estimate of drug-likeness (QED) is 0.266. The van der Waals surface area contributed by atoms with Crippen molar-refractivity contribution >= 4 is 27.5 Å². The summed E-state index contributed by atoms with van der Waals surface area (Å²) in [5.74, 6) is -3.10. The summed E-state index contributed by atoms with van der Waals surface area (Å²) in [7, 11) is 3.37. The van der Waals surface area contributed by atoms with E-state index in [1.54, 1.807) is 6.07 Å². The summed E-state index contributed by atoms with van der Waals surface area (Å²) in [5.41, 5.74) is -1.50. The number of nitrogens with zero attached hydrogens (tertiary/aromatic N) is 5. The van der Waals surface area contributed by atoms with Crippen LogP contribution >= 0.6 is 0 Å². The maximum atomic E-state index is 17.0. The fourth-order valence-corrected chi connectivity index (χ4v) is 8.45. The molecule has 1 N–H and O–H groups in total. The minimum Gasteiger partial charge on any atom is -0.508 e. The first-order valence-electron chi connectivity index (χ1n) is 15.8. The summed E-state index contributed by atoms with van der Waals surface area (Å²) in [6, 6.07) is 7.05. The van der Waals surface area contributed by atoms with Crippen molar-refractivity contribution < 1.29 is 32.1 Å². The zero-order valence-electron chi connectivity index (χ0n) is 25.7. The number of anilines is 1. The minimum absolute atomic E-state index is 0.0489. The third-order valence-corrected chi connectivity index (χ3v) is 10.7. The lowest BCUT2D eigenvalue weighted by Crippen LogP contribution is -2.52. The number of phenolic OH excluding ortho intramolecular Hbond substituents is 1.